The second-order valence-corrected chi connectivity index (χ2v) is 6.62. The van der Waals surface area contributed by atoms with Crippen LogP contribution in [0.4, 0.5) is 0 Å². The third-order valence-corrected chi connectivity index (χ3v) is 4.68. The summed E-state index contributed by atoms with van der Waals surface area (Å²) in [6, 6.07) is 13.6. The summed E-state index contributed by atoms with van der Waals surface area (Å²) in [5.41, 5.74) is 2.23. The first-order valence-electron chi connectivity index (χ1n) is 9.34. The van der Waals surface area contributed by atoms with Gasteiger partial charge < -0.3 is 14.2 Å². The Labute approximate surface area is 155 Å². The lowest BCUT2D eigenvalue weighted by Crippen LogP contribution is -2.15. The van der Waals surface area contributed by atoms with E-state index in [2.05, 4.69) is 6.92 Å². The smallest absolute Gasteiger partial charge is 0.311 e. The van der Waals surface area contributed by atoms with Gasteiger partial charge in [0.2, 0.25) is 0 Å². The molecule has 1 atom stereocenters. The number of hydrogen-bond donors (Lipinski definition) is 0. The van der Waals surface area contributed by atoms with Crippen LogP contribution < -0.4 is 14.2 Å². The van der Waals surface area contributed by atoms with Crippen molar-refractivity contribution in [3.8, 4) is 17.2 Å². The van der Waals surface area contributed by atoms with Gasteiger partial charge in [0.1, 0.15) is 23.4 Å². The summed E-state index contributed by atoms with van der Waals surface area (Å²) >= 11 is 0. The minimum absolute atomic E-state index is 0.0378. The first kappa shape index (κ1) is 18.3. The van der Waals surface area contributed by atoms with Crippen molar-refractivity contribution in [2.24, 2.45) is 0 Å². The van der Waals surface area contributed by atoms with Gasteiger partial charge in [0.15, 0.2) is 0 Å². The molecule has 1 aliphatic heterocycles. The van der Waals surface area contributed by atoms with Gasteiger partial charge in [0.25, 0.3) is 0 Å². The van der Waals surface area contributed by atoms with Crippen molar-refractivity contribution in [1.29, 1.82) is 0 Å². The van der Waals surface area contributed by atoms with Gasteiger partial charge in [-0.1, -0.05) is 31.9 Å². The number of esters is 1. The molecular formula is C22H26O4. The summed E-state index contributed by atoms with van der Waals surface area (Å²) in [6.45, 7) is 2.12. The predicted octanol–water partition coefficient (Wildman–Crippen LogP) is 5.25. The molecule has 2 aromatic carbocycles. The topological polar surface area (TPSA) is 44.8 Å². The van der Waals surface area contributed by atoms with Crippen molar-refractivity contribution >= 4 is 5.97 Å². The van der Waals surface area contributed by atoms with Crippen LogP contribution in [0.25, 0.3) is 0 Å². The molecule has 1 unspecified atom stereocenters. The SMILES string of the molecule is CCCCCC(=O)Oc1ccc2c(c1)CCC(c1ccc(OC)cc1)O2. The zero-order valence-corrected chi connectivity index (χ0v) is 15.5. The van der Waals surface area contributed by atoms with Crippen LogP contribution in [-0.4, -0.2) is 13.1 Å². The monoisotopic (exact) mass is 354 g/mol. The molecule has 0 N–H and O–H groups in total. The van der Waals surface area contributed by atoms with Crippen LogP contribution in [0.1, 0.15) is 56.3 Å². The van der Waals surface area contributed by atoms with E-state index in [9.17, 15) is 4.79 Å². The van der Waals surface area contributed by atoms with E-state index in [1.165, 1.54) is 0 Å². The molecule has 0 fully saturated rings. The molecule has 138 valence electrons. The number of ether oxygens (including phenoxy) is 3. The zero-order valence-electron chi connectivity index (χ0n) is 15.5. The van der Waals surface area contributed by atoms with E-state index in [0.29, 0.717) is 12.2 Å². The molecule has 4 heteroatoms. The van der Waals surface area contributed by atoms with Crippen molar-refractivity contribution in [3.63, 3.8) is 0 Å². The highest BCUT2D eigenvalue weighted by Crippen LogP contribution is 2.37. The van der Waals surface area contributed by atoms with Gasteiger partial charge >= 0.3 is 5.97 Å². The molecule has 0 radical (unpaired) electrons. The Hall–Kier alpha value is -2.49. The summed E-state index contributed by atoms with van der Waals surface area (Å²) in [4.78, 5) is 11.9. The van der Waals surface area contributed by atoms with E-state index in [1.54, 1.807) is 7.11 Å². The lowest BCUT2D eigenvalue weighted by molar-refractivity contribution is -0.134. The van der Waals surface area contributed by atoms with Crippen LogP contribution in [-0.2, 0) is 11.2 Å². The van der Waals surface area contributed by atoms with Gasteiger partial charge in [0, 0.05) is 6.42 Å². The molecule has 0 bridgehead atoms. The summed E-state index contributed by atoms with van der Waals surface area (Å²) in [5, 5.41) is 0. The summed E-state index contributed by atoms with van der Waals surface area (Å²) in [5.74, 6) is 2.15. The molecule has 0 saturated carbocycles. The molecular weight excluding hydrogens is 328 g/mol. The molecule has 0 amide bonds. The number of methoxy groups -OCH3 is 1. The van der Waals surface area contributed by atoms with Crippen molar-refractivity contribution in [1.82, 2.24) is 0 Å². The maximum Gasteiger partial charge on any atom is 0.311 e. The van der Waals surface area contributed by atoms with Crippen molar-refractivity contribution in [2.75, 3.05) is 7.11 Å². The highest BCUT2D eigenvalue weighted by molar-refractivity contribution is 5.72. The lowest BCUT2D eigenvalue weighted by atomic mass is 9.97. The third-order valence-electron chi connectivity index (χ3n) is 4.68. The fourth-order valence-electron chi connectivity index (χ4n) is 3.18. The number of rotatable bonds is 7. The minimum atomic E-state index is -0.161. The Morgan fingerprint density at radius 1 is 1.12 bits per heavy atom. The fraction of sp³-hybridized carbons (Fsp3) is 0.409. The van der Waals surface area contributed by atoms with E-state index in [-0.39, 0.29) is 12.1 Å². The van der Waals surface area contributed by atoms with Gasteiger partial charge in [-0.15, -0.1) is 0 Å². The molecule has 0 aliphatic carbocycles. The standard InChI is InChI=1S/C22H26O4/c1-3-4-5-6-22(23)25-19-12-14-21-17(15-19)9-13-20(26-21)16-7-10-18(24-2)11-8-16/h7-8,10-12,14-15,20H,3-6,9,13H2,1-2H3. The molecule has 2 aromatic rings. The second kappa shape index (κ2) is 8.75. The Balaban J connectivity index is 1.62. The molecule has 0 spiro atoms. The number of carbonyl (C=O) groups excluding carboxylic acids is 1. The molecule has 0 aromatic heterocycles. The Bertz CT molecular complexity index is 736. The normalized spacial score (nSPS) is 15.7. The molecule has 26 heavy (non-hydrogen) atoms. The largest absolute Gasteiger partial charge is 0.497 e. The summed E-state index contributed by atoms with van der Waals surface area (Å²) in [6.07, 6.45) is 5.34. The van der Waals surface area contributed by atoms with Crippen molar-refractivity contribution in [2.45, 2.75) is 51.6 Å². The van der Waals surface area contributed by atoms with Gasteiger partial charge in [0.05, 0.1) is 7.11 Å². The van der Waals surface area contributed by atoms with Crippen LogP contribution in [0.5, 0.6) is 17.2 Å². The average Bonchev–Trinajstić information content (AvgIpc) is 2.68. The minimum Gasteiger partial charge on any atom is -0.497 e. The average molecular weight is 354 g/mol. The maximum absolute atomic E-state index is 11.9. The Morgan fingerprint density at radius 3 is 2.62 bits per heavy atom. The lowest BCUT2D eigenvalue weighted by Gasteiger charge is -2.26. The van der Waals surface area contributed by atoms with Crippen LogP contribution in [0, 0.1) is 0 Å². The predicted molar refractivity (Wildman–Crippen MR) is 101 cm³/mol. The molecule has 1 heterocycles. The number of fused-ring (bicyclic) bond motifs is 1. The summed E-state index contributed by atoms with van der Waals surface area (Å²) in [7, 11) is 1.66. The van der Waals surface area contributed by atoms with Crippen LogP contribution in [0.15, 0.2) is 42.5 Å². The fourth-order valence-corrected chi connectivity index (χ4v) is 3.18. The van der Waals surface area contributed by atoms with Crippen molar-refractivity contribution in [3.05, 3.63) is 53.6 Å². The van der Waals surface area contributed by atoms with Gasteiger partial charge in [-0.2, -0.15) is 0 Å². The maximum atomic E-state index is 11.9. The molecule has 4 nitrogen and oxygen atoms in total. The number of unbranched alkanes of at least 4 members (excludes halogenated alkanes) is 2. The van der Waals surface area contributed by atoms with E-state index in [1.807, 2.05) is 42.5 Å². The second-order valence-electron chi connectivity index (χ2n) is 6.62. The van der Waals surface area contributed by atoms with Gasteiger partial charge in [-0.05, 0) is 60.7 Å². The van der Waals surface area contributed by atoms with Crippen LogP contribution >= 0.6 is 0 Å². The van der Waals surface area contributed by atoms with E-state index in [0.717, 1.165) is 54.7 Å². The quantitative estimate of drug-likeness (QED) is 0.387. The summed E-state index contributed by atoms with van der Waals surface area (Å²) < 4.78 is 16.8. The number of benzene rings is 2. The molecule has 1 aliphatic rings. The van der Waals surface area contributed by atoms with E-state index in [4.69, 9.17) is 14.2 Å². The number of carbonyl (C=O) groups is 1. The zero-order chi connectivity index (χ0) is 18.4. The van der Waals surface area contributed by atoms with Crippen LogP contribution in [0.2, 0.25) is 0 Å². The van der Waals surface area contributed by atoms with E-state index >= 15 is 0 Å². The number of hydrogen-bond acceptors (Lipinski definition) is 4. The first-order chi connectivity index (χ1) is 12.7. The Morgan fingerprint density at radius 2 is 1.88 bits per heavy atom. The van der Waals surface area contributed by atoms with Gasteiger partial charge in [-0.3, -0.25) is 4.79 Å². The highest BCUT2D eigenvalue weighted by atomic mass is 16.5. The van der Waals surface area contributed by atoms with Crippen molar-refractivity contribution < 1.29 is 19.0 Å². The first-order valence-corrected chi connectivity index (χ1v) is 9.34. The third kappa shape index (κ3) is 4.57. The number of aryl methyl sites for hydroxylation is 1. The molecule has 0 saturated heterocycles. The highest BCUT2D eigenvalue weighted by Gasteiger charge is 2.22. The molecule has 3 rings (SSSR count). The van der Waals surface area contributed by atoms with Crippen LogP contribution in [0.3, 0.4) is 0 Å². The van der Waals surface area contributed by atoms with Gasteiger partial charge in [-0.25, -0.2) is 0 Å². The Kier molecular flexibility index (Phi) is 6.16. The van der Waals surface area contributed by atoms with E-state index < -0.39 is 0 Å².